The Bertz CT molecular complexity index is 653. The van der Waals surface area contributed by atoms with E-state index in [1.165, 1.54) is 4.31 Å². The standard InChI is InChI=1S/C11H16N4O5S/c1-7-5-14(6-8(2)20-7)21(18,19)9-3-10(15(16)17)11(12)13-4-9/h3-4,7-8H,5-6H2,1-2H3,(H2,12,13). The molecular weight excluding hydrogens is 300 g/mol. The average Bonchev–Trinajstić information content (AvgIpc) is 2.37. The maximum absolute atomic E-state index is 12.5. The highest BCUT2D eigenvalue weighted by atomic mass is 32.2. The fraction of sp³-hybridized carbons (Fsp3) is 0.545. The molecule has 0 amide bonds. The van der Waals surface area contributed by atoms with Crippen LogP contribution in [0.4, 0.5) is 11.5 Å². The van der Waals surface area contributed by atoms with Crippen molar-refractivity contribution in [2.75, 3.05) is 18.8 Å². The minimum absolute atomic E-state index is 0.185. The van der Waals surface area contributed by atoms with Gasteiger partial charge in [-0.2, -0.15) is 4.31 Å². The van der Waals surface area contributed by atoms with Crippen molar-refractivity contribution in [3.8, 4) is 0 Å². The molecule has 0 aromatic carbocycles. The second-order valence-corrected chi connectivity index (χ2v) is 6.85. The molecule has 2 N–H and O–H groups in total. The summed E-state index contributed by atoms with van der Waals surface area (Å²) in [7, 11) is -3.87. The highest BCUT2D eigenvalue weighted by molar-refractivity contribution is 7.89. The van der Waals surface area contributed by atoms with E-state index in [4.69, 9.17) is 10.5 Å². The van der Waals surface area contributed by atoms with Crippen molar-refractivity contribution in [3.63, 3.8) is 0 Å². The normalized spacial score (nSPS) is 23.9. The number of rotatable bonds is 3. The van der Waals surface area contributed by atoms with Crippen LogP contribution in [0.5, 0.6) is 0 Å². The Morgan fingerprint density at radius 2 is 2.00 bits per heavy atom. The molecule has 10 heteroatoms. The minimum atomic E-state index is -3.87. The third kappa shape index (κ3) is 3.12. The fourth-order valence-corrected chi connectivity index (χ4v) is 3.77. The number of nitrogen functional groups attached to an aromatic ring is 1. The molecule has 2 heterocycles. The maximum Gasteiger partial charge on any atom is 0.312 e. The molecule has 2 unspecified atom stereocenters. The van der Waals surface area contributed by atoms with Crippen molar-refractivity contribution < 1.29 is 18.1 Å². The van der Waals surface area contributed by atoms with Gasteiger partial charge < -0.3 is 10.5 Å². The van der Waals surface area contributed by atoms with Gasteiger partial charge in [-0.25, -0.2) is 13.4 Å². The SMILES string of the molecule is CC1CN(S(=O)(=O)c2cnc(N)c([N+](=O)[O-])c2)CC(C)O1. The topological polar surface area (TPSA) is 129 Å². The lowest BCUT2D eigenvalue weighted by atomic mass is 10.3. The molecule has 0 saturated carbocycles. The molecule has 9 nitrogen and oxygen atoms in total. The van der Waals surface area contributed by atoms with Gasteiger partial charge in [0.15, 0.2) is 0 Å². The summed E-state index contributed by atoms with van der Waals surface area (Å²) >= 11 is 0. The van der Waals surface area contributed by atoms with Crippen molar-refractivity contribution in [2.45, 2.75) is 31.0 Å². The maximum atomic E-state index is 12.5. The summed E-state index contributed by atoms with van der Waals surface area (Å²) in [5, 5.41) is 10.8. The molecule has 1 saturated heterocycles. The number of aromatic nitrogens is 1. The van der Waals surface area contributed by atoms with E-state index < -0.39 is 20.6 Å². The van der Waals surface area contributed by atoms with Gasteiger partial charge in [-0.1, -0.05) is 0 Å². The summed E-state index contributed by atoms with van der Waals surface area (Å²) in [6.07, 6.45) is 0.531. The molecular formula is C11H16N4O5S. The van der Waals surface area contributed by atoms with Gasteiger partial charge in [-0.3, -0.25) is 10.1 Å². The Kier molecular flexibility index (Phi) is 4.12. The number of sulfonamides is 1. The monoisotopic (exact) mass is 316 g/mol. The first-order valence-corrected chi connectivity index (χ1v) is 7.71. The molecule has 1 aliphatic rings. The van der Waals surface area contributed by atoms with Crippen molar-refractivity contribution in [3.05, 3.63) is 22.4 Å². The molecule has 2 rings (SSSR count). The van der Waals surface area contributed by atoms with Crippen LogP contribution in [0.3, 0.4) is 0 Å². The van der Waals surface area contributed by atoms with Gasteiger partial charge in [0.05, 0.1) is 17.1 Å². The first kappa shape index (κ1) is 15.6. The molecule has 0 aliphatic carbocycles. The number of nitrogens with two attached hydrogens (primary N) is 1. The Morgan fingerprint density at radius 1 is 1.43 bits per heavy atom. The molecule has 1 aliphatic heterocycles. The van der Waals surface area contributed by atoms with E-state index in [0.29, 0.717) is 0 Å². The highest BCUT2D eigenvalue weighted by Crippen LogP contribution is 2.26. The first-order chi connectivity index (χ1) is 9.71. The molecule has 1 aromatic rings. The zero-order valence-electron chi connectivity index (χ0n) is 11.6. The second-order valence-electron chi connectivity index (χ2n) is 4.91. The molecule has 2 atom stereocenters. The predicted octanol–water partition coefficient (Wildman–Crippen LogP) is 0.370. The third-order valence-electron chi connectivity index (χ3n) is 3.09. The van der Waals surface area contributed by atoms with E-state index >= 15 is 0 Å². The second kappa shape index (κ2) is 5.54. The lowest BCUT2D eigenvalue weighted by Crippen LogP contribution is -2.48. The van der Waals surface area contributed by atoms with Crippen LogP contribution in [-0.4, -0.2) is 47.9 Å². The molecule has 0 spiro atoms. The van der Waals surface area contributed by atoms with E-state index in [0.717, 1.165) is 12.3 Å². The number of anilines is 1. The lowest BCUT2D eigenvalue weighted by molar-refractivity contribution is -0.384. The Balaban J connectivity index is 2.40. The highest BCUT2D eigenvalue weighted by Gasteiger charge is 2.33. The smallest absolute Gasteiger partial charge is 0.312 e. The van der Waals surface area contributed by atoms with E-state index in [9.17, 15) is 18.5 Å². The largest absolute Gasteiger partial charge is 0.378 e. The van der Waals surface area contributed by atoms with Crippen LogP contribution in [0.15, 0.2) is 17.2 Å². The van der Waals surface area contributed by atoms with Gasteiger partial charge in [-0.05, 0) is 13.8 Å². The van der Waals surface area contributed by atoms with Crippen LogP contribution in [-0.2, 0) is 14.8 Å². The summed E-state index contributed by atoms with van der Waals surface area (Å²) in [6.45, 7) is 3.90. The van der Waals surface area contributed by atoms with E-state index in [1.54, 1.807) is 13.8 Å². The van der Waals surface area contributed by atoms with Crippen LogP contribution in [0, 0.1) is 10.1 Å². The average molecular weight is 316 g/mol. The van der Waals surface area contributed by atoms with Crippen LogP contribution < -0.4 is 5.73 Å². The number of pyridine rings is 1. The van der Waals surface area contributed by atoms with Crippen LogP contribution in [0.25, 0.3) is 0 Å². The van der Waals surface area contributed by atoms with Gasteiger partial charge in [0.25, 0.3) is 0 Å². The number of nitrogens with zero attached hydrogens (tertiary/aromatic N) is 3. The first-order valence-electron chi connectivity index (χ1n) is 6.27. The molecule has 116 valence electrons. The number of morpholine rings is 1. The van der Waals surface area contributed by atoms with Crippen molar-refractivity contribution >= 4 is 21.5 Å². The van der Waals surface area contributed by atoms with E-state index in [2.05, 4.69) is 4.98 Å². The van der Waals surface area contributed by atoms with Gasteiger partial charge >= 0.3 is 5.69 Å². The summed E-state index contributed by atoms with van der Waals surface area (Å²) < 4.78 is 31.8. The van der Waals surface area contributed by atoms with Gasteiger partial charge in [-0.15, -0.1) is 0 Å². The van der Waals surface area contributed by atoms with Gasteiger partial charge in [0, 0.05) is 25.4 Å². The summed E-state index contributed by atoms with van der Waals surface area (Å²) in [4.78, 5) is 13.4. The van der Waals surface area contributed by atoms with E-state index in [1.807, 2.05) is 0 Å². The molecule has 0 bridgehead atoms. The fourth-order valence-electron chi connectivity index (χ4n) is 2.21. The summed E-state index contributed by atoms with van der Waals surface area (Å²) in [5.74, 6) is -0.317. The van der Waals surface area contributed by atoms with E-state index in [-0.39, 0.29) is 36.0 Å². The van der Waals surface area contributed by atoms with Crippen molar-refractivity contribution in [1.82, 2.24) is 9.29 Å². The van der Waals surface area contributed by atoms with Crippen LogP contribution >= 0.6 is 0 Å². The van der Waals surface area contributed by atoms with Gasteiger partial charge in [0.2, 0.25) is 15.8 Å². The lowest BCUT2D eigenvalue weighted by Gasteiger charge is -2.34. The quantitative estimate of drug-likeness (QED) is 0.630. The predicted molar refractivity (Wildman–Crippen MR) is 74.1 cm³/mol. The summed E-state index contributed by atoms with van der Waals surface area (Å²) in [6, 6.07) is 0.933. The zero-order chi connectivity index (χ0) is 15.8. The minimum Gasteiger partial charge on any atom is -0.378 e. The number of hydrogen-bond donors (Lipinski definition) is 1. The molecule has 1 fully saturated rings. The number of nitro groups is 1. The Labute approximate surface area is 121 Å². The van der Waals surface area contributed by atoms with Crippen molar-refractivity contribution in [1.29, 1.82) is 0 Å². The Morgan fingerprint density at radius 3 is 2.52 bits per heavy atom. The molecule has 0 radical (unpaired) electrons. The molecule has 1 aromatic heterocycles. The van der Waals surface area contributed by atoms with Crippen LogP contribution in [0.2, 0.25) is 0 Å². The third-order valence-corrected chi connectivity index (χ3v) is 4.89. The van der Waals surface area contributed by atoms with Crippen LogP contribution in [0.1, 0.15) is 13.8 Å². The number of ether oxygens (including phenoxy) is 1. The zero-order valence-corrected chi connectivity index (χ0v) is 12.4. The Hall–Kier alpha value is -1.78. The number of hydrogen-bond acceptors (Lipinski definition) is 7. The molecule has 21 heavy (non-hydrogen) atoms. The summed E-state index contributed by atoms with van der Waals surface area (Å²) in [5.41, 5.74) is 4.85. The van der Waals surface area contributed by atoms with Crippen molar-refractivity contribution in [2.24, 2.45) is 0 Å². The van der Waals surface area contributed by atoms with Gasteiger partial charge in [0.1, 0.15) is 4.90 Å².